The minimum absolute atomic E-state index is 0.0577. The van der Waals surface area contributed by atoms with E-state index in [2.05, 4.69) is 17.4 Å². The Morgan fingerprint density at radius 1 is 0.943 bits per heavy atom. The van der Waals surface area contributed by atoms with Gasteiger partial charge in [0.15, 0.2) is 0 Å². The van der Waals surface area contributed by atoms with Crippen LogP contribution in [0.15, 0.2) is 72.8 Å². The molecule has 1 aliphatic rings. The molecule has 4 rings (SSSR count). The van der Waals surface area contributed by atoms with E-state index in [1.54, 1.807) is 19.1 Å². The van der Waals surface area contributed by atoms with Gasteiger partial charge in [-0.05, 0) is 48.2 Å². The van der Waals surface area contributed by atoms with E-state index < -0.39 is 30.6 Å². The maximum atomic E-state index is 12.9. The van der Waals surface area contributed by atoms with Crippen LogP contribution < -0.4 is 10.2 Å². The number of ether oxygens (including phenoxy) is 1. The van der Waals surface area contributed by atoms with Crippen LogP contribution in [0.4, 0.5) is 10.5 Å². The lowest BCUT2D eigenvalue weighted by Gasteiger charge is -2.23. The molecule has 0 unspecified atom stereocenters. The number of benzene rings is 3. The van der Waals surface area contributed by atoms with Crippen molar-refractivity contribution in [2.45, 2.75) is 32.2 Å². The number of carboxylic acids is 1. The van der Waals surface area contributed by atoms with Crippen LogP contribution in [-0.4, -0.2) is 42.3 Å². The minimum Gasteiger partial charge on any atom is -0.480 e. The number of hydrogen-bond donors (Lipinski definition) is 2. The van der Waals surface area contributed by atoms with E-state index in [0.717, 1.165) is 27.8 Å². The largest absolute Gasteiger partial charge is 0.480 e. The van der Waals surface area contributed by atoms with E-state index in [1.165, 1.54) is 4.90 Å². The van der Waals surface area contributed by atoms with Crippen molar-refractivity contribution in [1.29, 1.82) is 0 Å². The van der Waals surface area contributed by atoms with Crippen LogP contribution in [0.3, 0.4) is 0 Å². The molecule has 35 heavy (non-hydrogen) atoms. The summed E-state index contributed by atoms with van der Waals surface area (Å²) >= 11 is 0. The Balaban J connectivity index is 1.36. The molecule has 1 atom stereocenters. The van der Waals surface area contributed by atoms with Crippen molar-refractivity contribution in [3.05, 3.63) is 89.5 Å². The third kappa shape index (κ3) is 5.51. The number of nitrogens with one attached hydrogen (secondary N) is 1. The molecule has 7 heteroatoms. The first-order valence-corrected chi connectivity index (χ1v) is 11.5. The third-order valence-electron chi connectivity index (χ3n) is 6.13. The monoisotopic (exact) mass is 472 g/mol. The number of carboxylic acid groups (broad SMARTS) is 1. The van der Waals surface area contributed by atoms with Crippen molar-refractivity contribution in [2.24, 2.45) is 0 Å². The van der Waals surface area contributed by atoms with Crippen LogP contribution in [0.5, 0.6) is 0 Å². The molecule has 3 aromatic rings. The molecule has 0 saturated carbocycles. The van der Waals surface area contributed by atoms with Crippen molar-refractivity contribution in [2.75, 3.05) is 18.1 Å². The summed E-state index contributed by atoms with van der Waals surface area (Å²) in [6, 6.07) is 22.7. The second-order valence-electron chi connectivity index (χ2n) is 8.78. The Kier molecular flexibility index (Phi) is 7.15. The standard InChI is InChI=1S/C28H28N2O5/c1-18-11-13-20(14-12-18)30(16-27(32)33)26(31)15-19(2)29-28(34)35-17-25-23-9-5-3-7-21(23)22-8-4-6-10-24(22)25/h3-14,19,25H,15-17H2,1-2H3,(H,29,34)(H,32,33)/t19-/m1/s1. The molecule has 0 heterocycles. The fraction of sp³-hybridized carbons (Fsp3) is 0.250. The van der Waals surface area contributed by atoms with Crippen LogP contribution in [0.1, 0.15) is 36.0 Å². The molecular weight excluding hydrogens is 444 g/mol. The van der Waals surface area contributed by atoms with Crippen LogP contribution in [0.2, 0.25) is 0 Å². The second kappa shape index (κ2) is 10.4. The van der Waals surface area contributed by atoms with Gasteiger partial charge >= 0.3 is 12.1 Å². The van der Waals surface area contributed by atoms with Crippen molar-refractivity contribution in [1.82, 2.24) is 5.32 Å². The highest BCUT2D eigenvalue weighted by atomic mass is 16.5. The quantitative estimate of drug-likeness (QED) is 0.494. The van der Waals surface area contributed by atoms with E-state index in [0.29, 0.717) is 5.69 Å². The van der Waals surface area contributed by atoms with Crippen LogP contribution in [0.25, 0.3) is 11.1 Å². The van der Waals surface area contributed by atoms with Gasteiger partial charge in [-0.3, -0.25) is 9.59 Å². The summed E-state index contributed by atoms with van der Waals surface area (Å²) in [5.41, 5.74) is 6.02. The number of anilines is 1. The van der Waals surface area contributed by atoms with Crippen molar-refractivity contribution < 1.29 is 24.2 Å². The number of aliphatic carboxylic acids is 1. The van der Waals surface area contributed by atoms with E-state index >= 15 is 0 Å². The number of hydrogen-bond acceptors (Lipinski definition) is 4. The first-order valence-electron chi connectivity index (χ1n) is 11.5. The van der Waals surface area contributed by atoms with Crippen LogP contribution >= 0.6 is 0 Å². The molecular formula is C28H28N2O5. The van der Waals surface area contributed by atoms with Gasteiger partial charge < -0.3 is 20.1 Å². The Hall–Kier alpha value is -4.13. The maximum Gasteiger partial charge on any atom is 0.407 e. The normalized spacial score (nSPS) is 12.9. The summed E-state index contributed by atoms with van der Waals surface area (Å²) < 4.78 is 5.55. The summed E-state index contributed by atoms with van der Waals surface area (Å²) in [6.07, 6.45) is -0.682. The van der Waals surface area contributed by atoms with E-state index in [-0.39, 0.29) is 18.9 Å². The van der Waals surface area contributed by atoms with Gasteiger partial charge in [0.05, 0.1) is 0 Å². The molecule has 0 radical (unpaired) electrons. The number of carbonyl (C=O) groups excluding carboxylic acids is 2. The van der Waals surface area contributed by atoms with Gasteiger partial charge in [-0.2, -0.15) is 0 Å². The molecule has 0 bridgehead atoms. The van der Waals surface area contributed by atoms with E-state index in [1.807, 2.05) is 55.5 Å². The van der Waals surface area contributed by atoms with Gasteiger partial charge in [-0.25, -0.2) is 4.79 Å². The Morgan fingerprint density at radius 2 is 1.51 bits per heavy atom. The summed E-state index contributed by atoms with van der Waals surface area (Å²) in [7, 11) is 0. The van der Waals surface area contributed by atoms with Crippen molar-refractivity contribution in [3.8, 4) is 11.1 Å². The number of amides is 2. The molecule has 3 aromatic carbocycles. The number of fused-ring (bicyclic) bond motifs is 3. The lowest BCUT2D eigenvalue weighted by Crippen LogP contribution is -2.41. The van der Waals surface area contributed by atoms with Gasteiger partial charge in [-0.1, -0.05) is 66.2 Å². The fourth-order valence-electron chi connectivity index (χ4n) is 4.45. The molecule has 2 N–H and O–H groups in total. The lowest BCUT2D eigenvalue weighted by atomic mass is 9.98. The van der Waals surface area contributed by atoms with Crippen LogP contribution in [-0.2, 0) is 14.3 Å². The van der Waals surface area contributed by atoms with Gasteiger partial charge in [0, 0.05) is 24.1 Å². The predicted molar refractivity (Wildman–Crippen MR) is 133 cm³/mol. The van der Waals surface area contributed by atoms with E-state index in [4.69, 9.17) is 4.74 Å². The zero-order valence-corrected chi connectivity index (χ0v) is 19.7. The molecule has 0 fully saturated rings. The van der Waals surface area contributed by atoms with E-state index in [9.17, 15) is 19.5 Å². The SMILES string of the molecule is Cc1ccc(N(CC(=O)O)C(=O)C[C@@H](C)NC(=O)OCC2c3ccccc3-c3ccccc32)cc1. The smallest absolute Gasteiger partial charge is 0.407 e. The van der Waals surface area contributed by atoms with Crippen molar-refractivity contribution in [3.63, 3.8) is 0 Å². The molecule has 7 nitrogen and oxygen atoms in total. The Labute approximate surface area is 204 Å². The molecule has 0 aromatic heterocycles. The highest BCUT2D eigenvalue weighted by Crippen LogP contribution is 2.44. The Morgan fingerprint density at radius 3 is 2.09 bits per heavy atom. The maximum absolute atomic E-state index is 12.9. The average molecular weight is 473 g/mol. The number of aryl methyl sites for hydroxylation is 1. The number of nitrogens with zero attached hydrogens (tertiary/aromatic N) is 1. The van der Waals surface area contributed by atoms with Gasteiger partial charge in [0.1, 0.15) is 13.2 Å². The molecule has 2 amide bonds. The van der Waals surface area contributed by atoms with Crippen molar-refractivity contribution >= 4 is 23.7 Å². The summed E-state index contributed by atoms with van der Waals surface area (Å²) in [6.45, 7) is 3.32. The molecule has 0 aliphatic heterocycles. The molecule has 1 aliphatic carbocycles. The topological polar surface area (TPSA) is 95.9 Å². The summed E-state index contributed by atoms with van der Waals surface area (Å²) in [5.74, 6) is -1.57. The Bertz CT molecular complexity index is 1190. The zero-order valence-electron chi connectivity index (χ0n) is 19.7. The second-order valence-corrected chi connectivity index (χ2v) is 8.78. The summed E-state index contributed by atoms with van der Waals surface area (Å²) in [4.78, 5) is 37.9. The van der Waals surface area contributed by atoms with Gasteiger partial charge in [0.2, 0.25) is 5.91 Å². The minimum atomic E-state index is -1.11. The fourth-order valence-corrected chi connectivity index (χ4v) is 4.45. The third-order valence-corrected chi connectivity index (χ3v) is 6.13. The predicted octanol–water partition coefficient (Wildman–Crippen LogP) is 4.73. The van der Waals surface area contributed by atoms with Gasteiger partial charge in [0.25, 0.3) is 0 Å². The highest BCUT2D eigenvalue weighted by molar-refractivity contribution is 5.97. The molecule has 0 saturated heterocycles. The van der Waals surface area contributed by atoms with Gasteiger partial charge in [-0.15, -0.1) is 0 Å². The lowest BCUT2D eigenvalue weighted by molar-refractivity contribution is -0.136. The highest BCUT2D eigenvalue weighted by Gasteiger charge is 2.29. The zero-order chi connectivity index (χ0) is 24.9. The van der Waals surface area contributed by atoms with Crippen LogP contribution in [0, 0.1) is 6.92 Å². The average Bonchev–Trinajstić information content (AvgIpc) is 3.15. The molecule has 180 valence electrons. The number of carbonyl (C=O) groups is 3. The summed E-state index contributed by atoms with van der Waals surface area (Å²) in [5, 5.41) is 12.0. The molecule has 0 spiro atoms. The number of rotatable bonds is 8. The first-order chi connectivity index (χ1) is 16.8. The first kappa shape index (κ1) is 24.0. The number of alkyl carbamates (subject to hydrolysis) is 1.